The van der Waals surface area contributed by atoms with Gasteiger partial charge in [-0.25, -0.2) is 0 Å². The van der Waals surface area contributed by atoms with Crippen molar-refractivity contribution in [1.82, 2.24) is 0 Å². The van der Waals surface area contributed by atoms with Gasteiger partial charge in [0.05, 0.1) is 7.11 Å². The number of hydrogen-bond acceptors (Lipinski definition) is 2. The van der Waals surface area contributed by atoms with E-state index in [9.17, 15) is 0 Å². The molecule has 0 aliphatic rings. The molecule has 0 spiro atoms. The molecule has 68 valence electrons. The van der Waals surface area contributed by atoms with Crippen LogP contribution in [0.5, 0.6) is 0 Å². The van der Waals surface area contributed by atoms with Crippen LogP contribution in [-0.2, 0) is 4.74 Å². The molecule has 0 bridgehead atoms. The Balaban J connectivity index is 4.29. The maximum absolute atomic E-state index is 5.46. The van der Waals surface area contributed by atoms with E-state index < -0.39 is 0 Å². The Kier molecular flexibility index (Phi) is 4.93. The highest BCUT2D eigenvalue weighted by Gasteiger charge is 1.89. The number of hydrogen-bond donors (Lipinski definition) is 1. The Hall–Kier alpha value is -1.18. The van der Waals surface area contributed by atoms with Crippen LogP contribution in [0.25, 0.3) is 0 Å². The Bertz CT molecular complexity index is 214. The lowest BCUT2D eigenvalue weighted by atomic mass is 10.1. The van der Waals surface area contributed by atoms with Crippen LogP contribution < -0.4 is 5.73 Å². The van der Waals surface area contributed by atoms with Gasteiger partial charge in [0.25, 0.3) is 0 Å². The fourth-order valence-electron chi connectivity index (χ4n) is 0.749. The van der Waals surface area contributed by atoms with Crippen molar-refractivity contribution in [3.8, 4) is 0 Å². The number of allylic oxidation sites excluding steroid dienone is 4. The summed E-state index contributed by atoms with van der Waals surface area (Å²) < 4.78 is 4.80. The number of nitrogens with two attached hydrogens (primary N) is 1. The first-order valence-corrected chi connectivity index (χ1v) is 3.97. The molecule has 0 unspecified atom stereocenters. The van der Waals surface area contributed by atoms with Crippen molar-refractivity contribution in [2.45, 2.75) is 20.3 Å². The quantitative estimate of drug-likeness (QED) is 0.515. The molecule has 0 fully saturated rings. The van der Waals surface area contributed by atoms with Gasteiger partial charge in [0, 0.05) is 6.08 Å². The molecule has 0 aromatic carbocycles. The maximum atomic E-state index is 5.46. The van der Waals surface area contributed by atoms with Gasteiger partial charge in [-0.1, -0.05) is 25.2 Å². The highest BCUT2D eigenvalue weighted by molar-refractivity contribution is 5.27. The van der Waals surface area contributed by atoms with E-state index >= 15 is 0 Å². The Morgan fingerprint density at radius 1 is 1.50 bits per heavy atom. The van der Waals surface area contributed by atoms with E-state index in [1.54, 1.807) is 13.2 Å². The average molecular weight is 167 g/mol. The minimum absolute atomic E-state index is 0.424. The third kappa shape index (κ3) is 4.61. The second kappa shape index (κ2) is 5.47. The Morgan fingerprint density at radius 3 is 2.50 bits per heavy atom. The fraction of sp³-hybridized carbons (Fsp3) is 0.400. The molecule has 2 heteroatoms. The number of methoxy groups -OCH3 is 1. The van der Waals surface area contributed by atoms with E-state index in [0.29, 0.717) is 5.88 Å². The van der Waals surface area contributed by atoms with Crippen LogP contribution in [0.1, 0.15) is 20.3 Å². The van der Waals surface area contributed by atoms with E-state index in [0.717, 1.165) is 17.6 Å². The highest BCUT2D eigenvalue weighted by Crippen LogP contribution is 2.05. The first-order chi connectivity index (χ1) is 5.60. The van der Waals surface area contributed by atoms with Crippen molar-refractivity contribution in [3.05, 3.63) is 35.8 Å². The van der Waals surface area contributed by atoms with E-state index in [-0.39, 0.29) is 0 Å². The first-order valence-electron chi connectivity index (χ1n) is 3.97. The molecular formula is C10H17NO. The van der Waals surface area contributed by atoms with Crippen molar-refractivity contribution in [3.63, 3.8) is 0 Å². The van der Waals surface area contributed by atoms with Crippen molar-refractivity contribution >= 4 is 0 Å². The predicted octanol–water partition coefficient (Wildman–Crippen LogP) is 2.35. The SMILES string of the molecule is C=C(/C=C(C)\C=C(/N)OC)CC. The summed E-state index contributed by atoms with van der Waals surface area (Å²) >= 11 is 0. The van der Waals surface area contributed by atoms with E-state index in [1.165, 1.54) is 0 Å². The third-order valence-corrected chi connectivity index (χ3v) is 1.49. The van der Waals surface area contributed by atoms with Crippen molar-refractivity contribution in [2.75, 3.05) is 7.11 Å². The molecule has 0 atom stereocenters. The number of ether oxygens (including phenoxy) is 1. The second-order valence-electron chi connectivity index (χ2n) is 2.65. The normalized spacial score (nSPS) is 12.9. The summed E-state index contributed by atoms with van der Waals surface area (Å²) in [6.07, 6.45) is 4.73. The molecular weight excluding hydrogens is 150 g/mol. The van der Waals surface area contributed by atoms with Crippen LogP contribution in [0.2, 0.25) is 0 Å². The monoisotopic (exact) mass is 167 g/mol. The summed E-state index contributed by atoms with van der Waals surface area (Å²) in [5.74, 6) is 0.424. The molecule has 0 saturated heterocycles. The van der Waals surface area contributed by atoms with Crippen molar-refractivity contribution in [1.29, 1.82) is 0 Å². The van der Waals surface area contributed by atoms with E-state index in [4.69, 9.17) is 10.5 Å². The van der Waals surface area contributed by atoms with Crippen LogP contribution >= 0.6 is 0 Å². The smallest absolute Gasteiger partial charge is 0.183 e. The first kappa shape index (κ1) is 10.8. The predicted molar refractivity (Wildman–Crippen MR) is 52.5 cm³/mol. The van der Waals surface area contributed by atoms with Gasteiger partial charge in [-0.3, -0.25) is 0 Å². The lowest BCUT2D eigenvalue weighted by Crippen LogP contribution is -1.98. The lowest BCUT2D eigenvalue weighted by molar-refractivity contribution is 0.287. The van der Waals surface area contributed by atoms with Crippen molar-refractivity contribution < 1.29 is 4.74 Å². The molecule has 0 aromatic heterocycles. The maximum Gasteiger partial charge on any atom is 0.183 e. The van der Waals surface area contributed by atoms with Crippen LogP contribution in [0.4, 0.5) is 0 Å². The Labute approximate surface area is 74.4 Å². The minimum atomic E-state index is 0.424. The average Bonchev–Trinajstić information content (AvgIpc) is 2.03. The molecule has 0 amide bonds. The van der Waals surface area contributed by atoms with Gasteiger partial charge in [-0.2, -0.15) is 0 Å². The molecule has 0 aliphatic carbocycles. The van der Waals surface area contributed by atoms with Gasteiger partial charge in [0.2, 0.25) is 0 Å². The summed E-state index contributed by atoms with van der Waals surface area (Å²) in [6.45, 7) is 7.89. The summed E-state index contributed by atoms with van der Waals surface area (Å²) in [7, 11) is 1.55. The third-order valence-electron chi connectivity index (χ3n) is 1.49. The fourth-order valence-corrected chi connectivity index (χ4v) is 0.749. The zero-order valence-electron chi connectivity index (χ0n) is 8.05. The summed E-state index contributed by atoms with van der Waals surface area (Å²) in [6, 6.07) is 0. The van der Waals surface area contributed by atoms with E-state index in [2.05, 4.69) is 13.5 Å². The molecule has 2 nitrogen and oxygen atoms in total. The van der Waals surface area contributed by atoms with Gasteiger partial charge in [0.1, 0.15) is 0 Å². The molecule has 12 heavy (non-hydrogen) atoms. The zero-order chi connectivity index (χ0) is 9.56. The Morgan fingerprint density at radius 2 is 2.08 bits per heavy atom. The lowest BCUT2D eigenvalue weighted by Gasteiger charge is -1.99. The van der Waals surface area contributed by atoms with Gasteiger partial charge in [-0.05, 0) is 18.9 Å². The molecule has 0 rings (SSSR count). The molecule has 0 aliphatic heterocycles. The van der Waals surface area contributed by atoms with Crippen LogP contribution in [-0.4, -0.2) is 7.11 Å². The minimum Gasteiger partial charge on any atom is -0.483 e. The standard InChI is InChI=1S/C10H17NO/c1-5-8(2)6-9(3)7-10(11)12-4/h6-7H,2,5,11H2,1,3-4H3/b9-6-,10-7+. The molecule has 0 saturated carbocycles. The topological polar surface area (TPSA) is 35.2 Å². The van der Waals surface area contributed by atoms with Gasteiger partial charge in [0.15, 0.2) is 5.88 Å². The molecule has 0 aromatic rings. The summed E-state index contributed by atoms with van der Waals surface area (Å²) in [5.41, 5.74) is 7.61. The van der Waals surface area contributed by atoms with Gasteiger partial charge < -0.3 is 10.5 Å². The van der Waals surface area contributed by atoms with Crippen LogP contribution in [0.3, 0.4) is 0 Å². The van der Waals surface area contributed by atoms with Gasteiger partial charge >= 0.3 is 0 Å². The number of rotatable bonds is 4. The highest BCUT2D eigenvalue weighted by atomic mass is 16.5. The zero-order valence-corrected chi connectivity index (χ0v) is 8.05. The van der Waals surface area contributed by atoms with Crippen LogP contribution in [0.15, 0.2) is 35.8 Å². The largest absolute Gasteiger partial charge is 0.483 e. The second-order valence-corrected chi connectivity index (χ2v) is 2.65. The molecule has 0 heterocycles. The van der Waals surface area contributed by atoms with Crippen molar-refractivity contribution in [2.24, 2.45) is 5.73 Å². The van der Waals surface area contributed by atoms with Gasteiger partial charge in [-0.15, -0.1) is 0 Å². The summed E-state index contributed by atoms with van der Waals surface area (Å²) in [4.78, 5) is 0. The summed E-state index contributed by atoms with van der Waals surface area (Å²) in [5, 5.41) is 0. The van der Waals surface area contributed by atoms with E-state index in [1.807, 2.05) is 13.0 Å². The van der Waals surface area contributed by atoms with Crippen LogP contribution in [0, 0.1) is 0 Å². The molecule has 0 radical (unpaired) electrons. The molecule has 2 N–H and O–H groups in total.